The number of hydrogen-bond donors (Lipinski definition) is 1. The number of halogens is 2. The van der Waals surface area contributed by atoms with Gasteiger partial charge in [0.15, 0.2) is 6.10 Å². The molecule has 12 heteroatoms. The maximum absolute atomic E-state index is 13.4. The van der Waals surface area contributed by atoms with Crippen LogP contribution in [0.1, 0.15) is 17.3 Å². The Morgan fingerprint density at radius 2 is 1.62 bits per heavy atom. The number of carbonyl (C=O) groups is 2. The average Bonchev–Trinajstić information content (AvgIpc) is 2.88. The minimum Gasteiger partial charge on any atom is -0.495 e. The maximum Gasteiger partial charge on any atom is 0.338 e. The van der Waals surface area contributed by atoms with Crippen molar-refractivity contribution in [2.45, 2.75) is 17.9 Å². The van der Waals surface area contributed by atoms with Gasteiger partial charge in [0.05, 0.1) is 35.4 Å². The molecule has 196 valence electrons. The first-order valence-corrected chi connectivity index (χ1v) is 13.0. The smallest absolute Gasteiger partial charge is 0.338 e. The zero-order valence-electron chi connectivity index (χ0n) is 20.3. The van der Waals surface area contributed by atoms with Crippen molar-refractivity contribution in [3.05, 3.63) is 76.3 Å². The third-order valence-corrected chi connectivity index (χ3v) is 7.56. The molecule has 0 fully saturated rings. The van der Waals surface area contributed by atoms with E-state index in [1.807, 2.05) is 0 Å². The van der Waals surface area contributed by atoms with E-state index in [2.05, 4.69) is 5.32 Å². The van der Waals surface area contributed by atoms with E-state index in [-0.39, 0.29) is 26.9 Å². The van der Waals surface area contributed by atoms with E-state index >= 15 is 0 Å². The van der Waals surface area contributed by atoms with Crippen molar-refractivity contribution in [3.8, 4) is 11.5 Å². The van der Waals surface area contributed by atoms with Crippen LogP contribution in [0, 0.1) is 0 Å². The zero-order chi connectivity index (χ0) is 27.3. The fraction of sp³-hybridized carbons (Fsp3) is 0.200. The van der Waals surface area contributed by atoms with Gasteiger partial charge in [0.25, 0.3) is 15.9 Å². The summed E-state index contributed by atoms with van der Waals surface area (Å²) in [7, 11) is -0.0239. The van der Waals surface area contributed by atoms with Crippen LogP contribution in [0.3, 0.4) is 0 Å². The van der Waals surface area contributed by atoms with Gasteiger partial charge < -0.3 is 19.5 Å². The number of benzene rings is 3. The topological polar surface area (TPSA) is 111 Å². The zero-order valence-corrected chi connectivity index (χ0v) is 22.6. The van der Waals surface area contributed by atoms with Gasteiger partial charge in [-0.05, 0) is 49.4 Å². The molecule has 9 nitrogen and oxygen atoms in total. The van der Waals surface area contributed by atoms with E-state index in [1.165, 1.54) is 58.5 Å². The lowest BCUT2D eigenvalue weighted by atomic mass is 10.2. The van der Waals surface area contributed by atoms with Crippen molar-refractivity contribution in [2.75, 3.05) is 30.9 Å². The average molecular weight is 567 g/mol. The van der Waals surface area contributed by atoms with Crippen molar-refractivity contribution < 1.29 is 32.2 Å². The highest BCUT2D eigenvalue weighted by molar-refractivity contribution is 7.92. The molecule has 0 unspecified atom stereocenters. The summed E-state index contributed by atoms with van der Waals surface area (Å²) in [5.41, 5.74) is 0.537. The fourth-order valence-corrected chi connectivity index (χ4v) is 4.92. The number of esters is 1. The largest absolute Gasteiger partial charge is 0.495 e. The number of methoxy groups -OCH3 is 2. The Bertz CT molecular complexity index is 1430. The standard InChI is InChI=1S/C25H24Cl2N2O7S/c1-15(24(30)28-18-9-6-8-17(26)12-18)36-25(31)16-7-5-10-19(11-16)37(32,33)29(2)21-13-20(27)22(34-3)14-23(21)35-4/h5-15H,1-4H3,(H,28,30)/t15-/m1/s1. The number of ether oxygens (including phenoxy) is 3. The normalized spacial score (nSPS) is 11.8. The molecule has 3 aromatic rings. The van der Waals surface area contributed by atoms with Gasteiger partial charge in [-0.2, -0.15) is 0 Å². The molecule has 0 spiro atoms. The third-order valence-electron chi connectivity index (χ3n) is 5.27. The number of rotatable bonds is 9. The van der Waals surface area contributed by atoms with Gasteiger partial charge in [0.2, 0.25) is 0 Å². The summed E-state index contributed by atoms with van der Waals surface area (Å²) >= 11 is 12.1. The second kappa shape index (κ2) is 11.7. The molecule has 3 aromatic carbocycles. The van der Waals surface area contributed by atoms with E-state index in [4.69, 9.17) is 37.4 Å². The van der Waals surface area contributed by atoms with Gasteiger partial charge in [0, 0.05) is 23.8 Å². The summed E-state index contributed by atoms with van der Waals surface area (Å²) in [5, 5.41) is 3.21. The number of anilines is 2. The highest BCUT2D eigenvalue weighted by atomic mass is 35.5. The van der Waals surface area contributed by atoms with Crippen LogP contribution in [0.2, 0.25) is 10.0 Å². The molecule has 0 aliphatic heterocycles. The monoisotopic (exact) mass is 566 g/mol. The van der Waals surface area contributed by atoms with Gasteiger partial charge in [0.1, 0.15) is 11.5 Å². The molecule has 0 bridgehead atoms. The molecule has 3 rings (SSSR count). The summed E-state index contributed by atoms with van der Waals surface area (Å²) in [6, 6.07) is 14.6. The van der Waals surface area contributed by atoms with E-state index in [0.29, 0.717) is 16.5 Å². The number of carbonyl (C=O) groups excluding carboxylic acids is 2. The molecule has 1 atom stereocenters. The Labute approximate surface area is 224 Å². The predicted octanol–water partition coefficient (Wildman–Crippen LogP) is 5.02. The second-order valence-corrected chi connectivity index (χ2v) is 10.5. The fourth-order valence-electron chi connectivity index (χ4n) is 3.25. The van der Waals surface area contributed by atoms with E-state index in [1.54, 1.807) is 24.3 Å². The predicted molar refractivity (Wildman–Crippen MR) is 142 cm³/mol. The molecular formula is C25H24Cl2N2O7S. The van der Waals surface area contributed by atoms with Crippen molar-refractivity contribution in [2.24, 2.45) is 0 Å². The minimum atomic E-state index is -4.15. The molecule has 0 saturated carbocycles. The Balaban J connectivity index is 1.80. The van der Waals surface area contributed by atoms with Crippen LogP contribution in [0.25, 0.3) is 0 Å². The highest BCUT2D eigenvalue weighted by Crippen LogP contribution is 2.39. The molecule has 1 N–H and O–H groups in total. The van der Waals surface area contributed by atoms with Crippen LogP contribution in [-0.4, -0.2) is 47.7 Å². The molecule has 37 heavy (non-hydrogen) atoms. The summed E-state index contributed by atoms with van der Waals surface area (Å²) < 4.78 is 43.4. The van der Waals surface area contributed by atoms with Gasteiger partial charge in [-0.3, -0.25) is 9.10 Å². The van der Waals surface area contributed by atoms with Crippen LogP contribution >= 0.6 is 23.2 Å². The Morgan fingerprint density at radius 1 is 0.946 bits per heavy atom. The summed E-state index contributed by atoms with van der Waals surface area (Å²) in [6.45, 7) is 1.39. The van der Waals surface area contributed by atoms with Gasteiger partial charge in [-0.1, -0.05) is 35.3 Å². The lowest BCUT2D eigenvalue weighted by Crippen LogP contribution is -2.30. The molecule has 0 aliphatic rings. The maximum atomic E-state index is 13.4. The second-order valence-electron chi connectivity index (χ2n) is 7.71. The van der Waals surface area contributed by atoms with E-state index in [0.717, 1.165) is 10.4 Å². The molecule has 0 heterocycles. The first kappa shape index (κ1) is 28.1. The lowest BCUT2D eigenvalue weighted by Gasteiger charge is -2.23. The lowest BCUT2D eigenvalue weighted by molar-refractivity contribution is -0.123. The first-order valence-electron chi connectivity index (χ1n) is 10.8. The van der Waals surface area contributed by atoms with Gasteiger partial charge >= 0.3 is 5.97 Å². The molecule has 1 amide bonds. The third kappa shape index (κ3) is 6.46. The van der Waals surface area contributed by atoms with Gasteiger partial charge in [-0.25, -0.2) is 13.2 Å². The Kier molecular flexibility index (Phi) is 8.90. The highest BCUT2D eigenvalue weighted by Gasteiger charge is 2.27. The Morgan fingerprint density at radius 3 is 2.27 bits per heavy atom. The van der Waals surface area contributed by atoms with E-state index in [9.17, 15) is 18.0 Å². The summed E-state index contributed by atoms with van der Waals surface area (Å²) in [4.78, 5) is 25.0. The molecule has 0 radical (unpaired) electrons. The van der Waals surface area contributed by atoms with Gasteiger partial charge in [-0.15, -0.1) is 0 Å². The number of amides is 1. The minimum absolute atomic E-state index is 0.0587. The van der Waals surface area contributed by atoms with Crippen molar-refractivity contribution >= 4 is 56.5 Å². The van der Waals surface area contributed by atoms with Crippen molar-refractivity contribution in [1.29, 1.82) is 0 Å². The first-order chi connectivity index (χ1) is 17.5. The van der Waals surface area contributed by atoms with Crippen LogP contribution in [0.5, 0.6) is 11.5 Å². The molecule has 0 aromatic heterocycles. The van der Waals surface area contributed by atoms with E-state index < -0.39 is 28.0 Å². The molecule has 0 saturated heterocycles. The van der Waals surface area contributed by atoms with Crippen molar-refractivity contribution in [3.63, 3.8) is 0 Å². The van der Waals surface area contributed by atoms with Crippen LogP contribution in [0.4, 0.5) is 11.4 Å². The Hall–Kier alpha value is -3.47. The summed E-state index contributed by atoms with van der Waals surface area (Å²) in [6.07, 6.45) is -1.17. The number of nitrogens with zero attached hydrogens (tertiary/aromatic N) is 1. The molecule has 0 aliphatic carbocycles. The quantitative estimate of drug-likeness (QED) is 0.362. The summed E-state index contributed by atoms with van der Waals surface area (Å²) in [5.74, 6) is -0.935. The number of nitrogens with one attached hydrogen (secondary N) is 1. The van der Waals surface area contributed by atoms with Crippen LogP contribution < -0.4 is 19.1 Å². The molecular weight excluding hydrogens is 543 g/mol. The SMILES string of the molecule is COc1cc(OC)c(N(C)S(=O)(=O)c2cccc(C(=O)O[C@H](C)C(=O)Nc3cccc(Cl)c3)c2)cc1Cl. The number of sulfonamides is 1. The van der Waals surface area contributed by atoms with Crippen molar-refractivity contribution in [1.82, 2.24) is 0 Å². The van der Waals surface area contributed by atoms with Crippen LogP contribution in [0.15, 0.2) is 65.6 Å². The van der Waals surface area contributed by atoms with Crippen LogP contribution in [-0.2, 0) is 19.6 Å². The number of hydrogen-bond acceptors (Lipinski definition) is 7.